The van der Waals surface area contributed by atoms with Gasteiger partial charge in [-0.1, -0.05) is 0 Å². The van der Waals surface area contributed by atoms with Gasteiger partial charge in [0.25, 0.3) is 0 Å². The zero-order valence-electron chi connectivity index (χ0n) is 17.6. The maximum atomic E-state index is 5.66. The van der Waals surface area contributed by atoms with E-state index in [0.29, 0.717) is 79.3 Å². The summed E-state index contributed by atoms with van der Waals surface area (Å²) in [6.07, 6.45) is 0.959. The van der Waals surface area contributed by atoms with Crippen LogP contribution >= 0.6 is 0 Å². The third-order valence-electron chi connectivity index (χ3n) is 3.41. The fourth-order valence-electron chi connectivity index (χ4n) is 1.96. The van der Waals surface area contributed by atoms with Crippen molar-refractivity contribution in [2.24, 2.45) is 0 Å². The summed E-state index contributed by atoms with van der Waals surface area (Å²) in [5.74, 6) is 0. The number of ether oxygens (including phenoxy) is 8. The van der Waals surface area contributed by atoms with Crippen LogP contribution in [0.1, 0.15) is 20.3 Å². The average molecular weight is 397 g/mol. The van der Waals surface area contributed by atoms with E-state index in [1.54, 1.807) is 14.2 Å². The molecule has 0 amide bonds. The molecule has 8 nitrogen and oxygen atoms in total. The van der Waals surface area contributed by atoms with Gasteiger partial charge < -0.3 is 37.9 Å². The van der Waals surface area contributed by atoms with Crippen molar-refractivity contribution in [3.05, 3.63) is 0 Å². The highest BCUT2D eigenvalue weighted by atomic mass is 16.6. The maximum Gasteiger partial charge on any atom is 0.0781 e. The Bertz CT molecular complexity index is 280. The highest BCUT2D eigenvalue weighted by molar-refractivity contribution is 4.49. The molecule has 8 heteroatoms. The van der Waals surface area contributed by atoms with E-state index >= 15 is 0 Å². The van der Waals surface area contributed by atoms with Gasteiger partial charge in [0.15, 0.2) is 0 Å². The molecule has 0 heterocycles. The minimum atomic E-state index is 0.0318. The summed E-state index contributed by atoms with van der Waals surface area (Å²) in [6.45, 7) is 11.1. The molecule has 0 N–H and O–H groups in total. The summed E-state index contributed by atoms with van der Waals surface area (Å²) in [7, 11) is 3.31. The molecule has 2 unspecified atom stereocenters. The minimum absolute atomic E-state index is 0.0318. The molecule has 0 aliphatic heterocycles. The second-order valence-electron chi connectivity index (χ2n) is 6.08. The molecule has 27 heavy (non-hydrogen) atoms. The molecule has 0 bridgehead atoms. The van der Waals surface area contributed by atoms with E-state index in [2.05, 4.69) is 0 Å². The van der Waals surface area contributed by atoms with Crippen molar-refractivity contribution in [2.45, 2.75) is 32.5 Å². The van der Waals surface area contributed by atoms with E-state index in [9.17, 15) is 0 Å². The molecule has 0 saturated heterocycles. The molecule has 0 saturated carbocycles. The lowest BCUT2D eigenvalue weighted by Crippen LogP contribution is -2.22. The maximum absolute atomic E-state index is 5.66. The first-order valence-corrected chi connectivity index (χ1v) is 9.72. The van der Waals surface area contributed by atoms with Gasteiger partial charge in [-0.25, -0.2) is 0 Å². The molecular formula is C19H40O8. The molecule has 0 rings (SSSR count). The first-order chi connectivity index (χ1) is 13.2. The monoisotopic (exact) mass is 396 g/mol. The standard InChI is InChI=1S/C19H40O8/c1-18(26-7-5-6-22-10-8-20-3)16-24-12-13-25-17-19(2)27-15-14-23-11-9-21-4/h18-19H,5-17H2,1-4H3. The van der Waals surface area contributed by atoms with Gasteiger partial charge in [0.05, 0.1) is 78.3 Å². The Morgan fingerprint density at radius 3 is 1.48 bits per heavy atom. The number of hydrogen-bond donors (Lipinski definition) is 0. The fourth-order valence-corrected chi connectivity index (χ4v) is 1.96. The van der Waals surface area contributed by atoms with Crippen LogP contribution in [-0.2, 0) is 37.9 Å². The Morgan fingerprint density at radius 1 is 0.481 bits per heavy atom. The van der Waals surface area contributed by atoms with Crippen molar-refractivity contribution in [3.63, 3.8) is 0 Å². The SMILES string of the molecule is COCCOCCCOC(C)COCCOCC(C)OCCOCCOC. The van der Waals surface area contributed by atoms with Gasteiger partial charge >= 0.3 is 0 Å². The summed E-state index contributed by atoms with van der Waals surface area (Å²) in [4.78, 5) is 0. The lowest BCUT2D eigenvalue weighted by Gasteiger charge is -2.15. The molecule has 0 radical (unpaired) electrons. The van der Waals surface area contributed by atoms with Crippen LogP contribution in [0, 0.1) is 0 Å². The number of hydrogen-bond acceptors (Lipinski definition) is 8. The van der Waals surface area contributed by atoms with Crippen LogP contribution in [0.2, 0.25) is 0 Å². The second kappa shape index (κ2) is 22.0. The normalized spacial score (nSPS) is 13.8. The van der Waals surface area contributed by atoms with Crippen LogP contribution in [0.25, 0.3) is 0 Å². The topological polar surface area (TPSA) is 73.8 Å². The molecule has 0 aliphatic rings. The lowest BCUT2D eigenvalue weighted by molar-refractivity contribution is -0.0543. The van der Waals surface area contributed by atoms with Crippen molar-refractivity contribution < 1.29 is 37.9 Å². The third kappa shape index (κ3) is 21.8. The zero-order chi connectivity index (χ0) is 20.0. The van der Waals surface area contributed by atoms with E-state index < -0.39 is 0 Å². The van der Waals surface area contributed by atoms with Crippen LogP contribution in [0.5, 0.6) is 0 Å². The molecule has 0 spiro atoms. The van der Waals surface area contributed by atoms with E-state index in [1.807, 2.05) is 13.8 Å². The van der Waals surface area contributed by atoms with Crippen LogP contribution in [0.3, 0.4) is 0 Å². The Morgan fingerprint density at radius 2 is 0.926 bits per heavy atom. The first-order valence-electron chi connectivity index (χ1n) is 9.72. The molecule has 0 aliphatic carbocycles. The summed E-state index contributed by atoms with van der Waals surface area (Å²) in [6, 6.07) is 0. The minimum Gasteiger partial charge on any atom is -0.382 e. The molecule has 2 atom stereocenters. The number of methoxy groups -OCH3 is 2. The van der Waals surface area contributed by atoms with Gasteiger partial charge in [-0.15, -0.1) is 0 Å². The molecule has 0 aromatic heterocycles. The summed E-state index contributed by atoms with van der Waals surface area (Å²) >= 11 is 0. The van der Waals surface area contributed by atoms with Gasteiger partial charge in [0.2, 0.25) is 0 Å². The summed E-state index contributed by atoms with van der Waals surface area (Å²) < 4.78 is 42.8. The van der Waals surface area contributed by atoms with Crippen molar-refractivity contribution in [2.75, 3.05) is 93.5 Å². The summed E-state index contributed by atoms with van der Waals surface area (Å²) in [5.41, 5.74) is 0. The van der Waals surface area contributed by atoms with Gasteiger partial charge in [-0.3, -0.25) is 0 Å². The Labute approximate surface area is 164 Å². The lowest BCUT2D eigenvalue weighted by atomic mass is 10.4. The van der Waals surface area contributed by atoms with Crippen LogP contribution in [0.15, 0.2) is 0 Å². The number of rotatable bonds is 22. The van der Waals surface area contributed by atoms with Crippen LogP contribution < -0.4 is 0 Å². The smallest absolute Gasteiger partial charge is 0.0781 e. The predicted octanol–water partition coefficient (Wildman–Crippen LogP) is 1.55. The van der Waals surface area contributed by atoms with Gasteiger partial charge in [0, 0.05) is 27.4 Å². The van der Waals surface area contributed by atoms with E-state index in [-0.39, 0.29) is 12.2 Å². The average Bonchev–Trinajstić information content (AvgIpc) is 2.66. The second-order valence-corrected chi connectivity index (χ2v) is 6.08. The van der Waals surface area contributed by atoms with Crippen molar-refractivity contribution in [1.82, 2.24) is 0 Å². The molecular weight excluding hydrogens is 356 g/mol. The van der Waals surface area contributed by atoms with Crippen molar-refractivity contribution in [1.29, 1.82) is 0 Å². The van der Waals surface area contributed by atoms with Gasteiger partial charge in [-0.2, -0.15) is 0 Å². The third-order valence-corrected chi connectivity index (χ3v) is 3.41. The Balaban J connectivity index is 3.25. The highest BCUT2D eigenvalue weighted by Crippen LogP contribution is 1.96. The first kappa shape index (κ1) is 26.7. The fraction of sp³-hybridized carbons (Fsp3) is 1.00. The van der Waals surface area contributed by atoms with E-state index in [1.165, 1.54) is 0 Å². The van der Waals surface area contributed by atoms with Gasteiger partial charge in [-0.05, 0) is 20.3 Å². The predicted molar refractivity (Wildman–Crippen MR) is 102 cm³/mol. The Kier molecular flexibility index (Phi) is 21.7. The zero-order valence-corrected chi connectivity index (χ0v) is 17.6. The van der Waals surface area contributed by atoms with E-state index in [4.69, 9.17) is 37.9 Å². The quantitative estimate of drug-likeness (QED) is 0.255. The van der Waals surface area contributed by atoms with E-state index in [0.717, 1.165) is 6.42 Å². The van der Waals surface area contributed by atoms with Gasteiger partial charge in [0.1, 0.15) is 0 Å². The van der Waals surface area contributed by atoms with Crippen LogP contribution in [-0.4, -0.2) is 106 Å². The molecule has 164 valence electrons. The Hall–Kier alpha value is -0.320. The molecule has 0 aromatic carbocycles. The summed E-state index contributed by atoms with van der Waals surface area (Å²) in [5, 5.41) is 0. The molecule has 0 fully saturated rings. The molecule has 0 aromatic rings. The largest absolute Gasteiger partial charge is 0.382 e. The van der Waals surface area contributed by atoms with Crippen molar-refractivity contribution >= 4 is 0 Å². The van der Waals surface area contributed by atoms with Crippen LogP contribution in [0.4, 0.5) is 0 Å². The van der Waals surface area contributed by atoms with Crippen molar-refractivity contribution in [3.8, 4) is 0 Å². The highest BCUT2D eigenvalue weighted by Gasteiger charge is 2.04.